The summed E-state index contributed by atoms with van der Waals surface area (Å²) >= 11 is 2.15. The first kappa shape index (κ1) is 8.89. The van der Waals surface area contributed by atoms with E-state index in [1.165, 1.54) is 50.3 Å². The Hall–Kier alpha value is 0.310. The van der Waals surface area contributed by atoms with Gasteiger partial charge in [0.15, 0.2) is 0 Å². The van der Waals surface area contributed by atoms with Gasteiger partial charge in [-0.05, 0) is 62.1 Å². The molecule has 0 aromatic carbocycles. The Bertz CT molecular complexity index is 126. The number of hydrogen-bond donors (Lipinski definition) is 1. The second-order valence-electron chi connectivity index (χ2n) is 4.18. The molecule has 2 rings (SSSR count). The van der Waals surface area contributed by atoms with Crippen LogP contribution in [-0.2, 0) is 0 Å². The number of thioether (sulfide) groups is 1. The summed E-state index contributed by atoms with van der Waals surface area (Å²) in [7, 11) is 0. The smallest absolute Gasteiger partial charge is 0.00204 e. The molecule has 2 aliphatic rings. The van der Waals surface area contributed by atoms with Crippen LogP contribution in [0, 0.1) is 11.8 Å². The van der Waals surface area contributed by atoms with Crippen LogP contribution >= 0.6 is 11.8 Å². The van der Waals surface area contributed by atoms with Crippen molar-refractivity contribution in [3.05, 3.63) is 0 Å². The molecule has 70 valence electrons. The maximum absolute atomic E-state index is 3.50. The zero-order valence-corrected chi connectivity index (χ0v) is 8.54. The highest BCUT2D eigenvalue weighted by atomic mass is 32.2. The van der Waals surface area contributed by atoms with Crippen LogP contribution in [0.3, 0.4) is 0 Å². The van der Waals surface area contributed by atoms with Crippen molar-refractivity contribution in [2.75, 3.05) is 24.6 Å². The largest absolute Gasteiger partial charge is 0.316 e. The minimum Gasteiger partial charge on any atom is -0.316 e. The summed E-state index contributed by atoms with van der Waals surface area (Å²) in [6, 6.07) is 0. The van der Waals surface area contributed by atoms with Crippen LogP contribution in [0.4, 0.5) is 0 Å². The van der Waals surface area contributed by atoms with Gasteiger partial charge in [0.25, 0.3) is 0 Å². The van der Waals surface area contributed by atoms with Gasteiger partial charge in [-0.3, -0.25) is 0 Å². The molecular formula is C10H19NS. The molecule has 0 radical (unpaired) electrons. The first-order chi connectivity index (χ1) is 5.95. The SMILES string of the molecule is C1CNCC(CC2CCSC2)C1. The molecule has 2 heterocycles. The molecule has 2 unspecified atom stereocenters. The van der Waals surface area contributed by atoms with Gasteiger partial charge in [-0.2, -0.15) is 11.8 Å². The van der Waals surface area contributed by atoms with Crippen LogP contribution in [-0.4, -0.2) is 24.6 Å². The van der Waals surface area contributed by atoms with Gasteiger partial charge in [-0.15, -0.1) is 0 Å². The number of hydrogen-bond acceptors (Lipinski definition) is 2. The second-order valence-corrected chi connectivity index (χ2v) is 5.33. The highest BCUT2D eigenvalue weighted by Gasteiger charge is 2.21. The summed E-state index contributed by atoms with van der Waals surface area (Å²) in [5.74, 6) is 4.92. The Morgan fingerprint density at radius 1 is 1.25 bits per heavy atom. The lowest BCUT2D eigenvalue weighted by atomic mass is 9.89. The van der Waals surface area contributed by atoms with Crippen molar-refractivity contribution in [3.8, 4) is 0 Å². The highest BCUT2D eigenvalue weighted by molar-refractivity contribution is 7.99. The first-order valence-corrected chi connectivity index (χ1v) is 6.39. The molecule has 2 aliphatic heterocycles. The van der Waals surface area contributed by atoms with Crippen molar-refractivity contribution in [1.82, 2.24) is 5.32 Å². The van der Waals surface area contributed by atoms with E-state index in [0.29, 0.717) is 0 Å². The Morgan fingerprint density at radius 2 is 2.25 bits per heavy atom. The van der Waals surface area contributed by atoms with Gasteiger partial charge in [-0.1, -0.05) is 0 Å². The van der Waals surface area contributed by atoms with Gasteiger partial charge < -0.3 is 5.32 Å². The lowest BCUT2D eigenvalue weighted by Crippen LogP contribution is -2.30. The molecule has 0 amide bonds. The third-order valence-electron chi connectivity index (χ3n) is 3.09. The van der Waals surface area contributed by atoms with E-state index in [1.807, 2.05) is 0 Å². The van der Waals surface area contributed by atoms with Crippen LogP contribution < -0.4 is 5.32 Å². The zero-order valence-electron chi connectivity index (χ0n) is 7.72. The molecule has 2 heteroatoms. The Morgan fingerprint density at radius 3 is 2.92 bits per heavy atom. The summed E-state index contributed by atoms with van der Waals surface area (Å²) in [5, 5.41) is 3.50. The molecule has 0 spiro atoms. The van der Waals surface area contributed by atoms with E-state index in [9.17, 15) is 0 Å². The van der Waals surface area contributed by atoms with Crippen molar-refractivity contribution in [3.63, 3.8) is 0 Å². The molecule has 2 atom stereocenters. The molecule has 0 aliphatic carbocycles. The normalized spacial score (nSPS) is 37.0. The van der Waals surface area contributed by atoms with E-state index in [2.05, 4.69) is 17.1 Å². The van der Waals surface area contributed by atoms with Crippen LogP contribution in [0.2, 0.25) is 0 Å². The summed E-state index contributed by atoms with van der Waals surface area (Å²) < 4.78 is 0. The Kier molecular flexibility index (Phi) is 3.35. The molecule has 0 aromatic heterocycles. The lowest BCUT2D eigenvalue weighted by molar-refractivity contribution is 0.315. The van der Waals surface area contributed by atoms with E-state index in [-0.39, 0.29) is 0 Å². The molecule has 0 saturated carbocycles. The molecule has 1 N–H and O–H groups in total. The first-order valence-electron chi connectivity index (χ1n) is 5.23. The Balaban J connectivity index is 1.69. The topological polar surface area (TPSA) is 12.0 Å². The van der Waals surface area contributed by atoms with Gasteiger partial charge in [0.05, 0.1) is 0 Å². The maximum atomic E-state index is 3.50. The quantitative estimate of drug-likeness (QED) is 0.707. The van der Waals surface area contributed by atoms with Crippen LogP contribution in [0.5, 0.6) is 0 Å². The lowest BCUT2D eigenvalue weighted by Gasteiger charge is -2.24. The van der Waals surface area contributed by atoms with Crippen molar-refractivity contribution in [2.45, 2.75) is 25.7 Å². The van der Waals surface area contributed by atoms with E-state index < -0.39 is 0 Å². The van der Waals surface area contributed by atoms with Gasteiger partial charge >= 0.3 is 0 Å². The monoisotopic (exact) mass is 185 g/mol. The Labute approximate surface area is 79.7 Å². The summed E-state index contributed by atoms with van der Waals surface area (Å²) in [5.41, 5.74) is 0. The van der Waals surface area contributed by atoms with E-state index in [1.54, 1.807) is 0 Å². The fraction of sp³-hybridized carbons (Fsp3) is 1.00. The van der Waals surface area contributed by atoms with Crippen molar-refractivity contribution < 1.29 is 0 Å². The van der Waals surface area contributed by atoms with Crippen LogP contribution in [0.1, 0.15) is 25.7 Å². The van der Waals surface area contributed by atoms with Crippen LogP contribution in [0.25, 0.3) is 0 Å². The number of piperidine rings is 1. The second kappa shape index (κ2) is 4.52. The van der Waals surface area contributed by atoms with Crippen molar-refractivity contribution in [2.24, 2.45) is 11.8 Å². The fourth-order valence-corrected chi connectivity index (χ4v) is 3.67. The average molecular weight is 185 g/mol. The van der Waals surface area contributed by atoms with Crippen molar-refractivity contribution in [1.29, 1.82) is 0 Å². The zero-order chi connectivity index (χ0) is 8.23. The fourth-order valence-electron chi connectivity index (χ4n) is 2.37. The molecule has 0 aromatic rings. The third-order valence-corrected chi connectivity index (χ3v) is 4.32. The van der Waals surface area contributed by atoms with Gasteiger partial charge in [0, 0.05) is 0 Å². The molecule has 0 bridgehead atoms. The third kappa shape index (κ3) is 2.40. The van der Waals surface area contributed by atoms with E-state index >= 15 is 0 Å². The molecule has 2 fully saturated rings. The molecular weight excluding hydrogens is 166 g/mol. The van der Waals surface area contributed by atoms with Crippen molar-refractivity contribution >= 4 is 11.8 Å². The molecule has 2 saturated heterocycles. The van der Waals surface area contributed by atoms with E-state index in [4.69, 9.17) is 0 Å². The summed E-state index contributed by atoms with van der Waals surface area (Å²) in [4.78, 5) is 0. The summed E-state index contributed by atoms with van der Waals surface area (Å²) in [6.45, 7) is 2.55. The minimum absolute atomic E-state index is 1.00. The van der Waals surface area contributed by atoms with Gasteiger partial charge in [0.1, 0.15) is 0 Å². The van der Waals surface area contributed by atoms with Gasteiger partial charge in [0.2, 0.25) is 0 Å². The van der Waals surface area contributed by atoms with E-state index in [0.717, 1.165) is 11.8 Å². The number of nitrogens with one attached hydrogen (secondary N) is 1. The summed E-state index contributed by atoms with van der Waals surface area (Å²) in [6.07, 6.45) is 5.87. The average Bonchev–Trinajstić information content (AvgIpc) is 2.59. The molecule has 1 nitrogen and oxygen atoms in total. The molecule has 12 heavy (non-hydrogen) atoms. The predicted octanol–water partition coefficient (Wildman–Crippen LogP) is 2.13. The minimum atomic E-state index is 1.00. The van der Waals surface area contributed by atoms with Crippen LogP contribution in [0.15, 0.2) is 0 Å². The van der Waals surface area contributed by atoms with Gasteiger partial charge in [-0.25, -0.2) is 0 Å². The maximum Gasteiger partial charge on any atom is -0.00204 e. The number of rotatable bonds is 2. The highest BCUT2D eigenvalue weighted by Crippen LogP contribution is 2.30. The standard InChI is InChI=1S/C10H19NS/c1-2-9(7-11-4-1)6-10-3-5-12-8-10/h9-11H,1-8H2. The predicted molar refractivity (Wildman–Crippen MR) is 55.6 cm³/mol.